The van der Waals surface area contributed by atoms with Crippen molar-refractivity contribution in [2.75, 3.05) is 44.2 Å². The molecule has 2 N–H and O–H groups in total. The highest BCUT2D eigenvalue weighted by atomic mass is 19.4. The standard InChI is InChI=1S/C35H41F3N6O5/c1-34(2,32(46)41-13-15-42(16-14-41)33(47)48)49-29-7-3-6-28(18-29)43-12-4-5-25(21-43)31(45)44(27-10-11-27)22-24-9-8-23(26-19-39-40-20-26)17-30(24)35(36,37)38/h3,6-9,17-20,25,27H,4-5,10-16,21-22H2,1-2H3,(H,39,40)(H,47,48). The lowest BCUT2D eigenvalue weighted by molar-refractivity contribution is -0.147. The van der Waals surface area contributed by atoms with E-state index in [0.29, 0.717) is 36.4 Å². The molecule has 1 unspecified atom stereocenters. The summed E-state index contributed by atoms with van der Waals surface area (Å²) in [6.45, 7) is 5.40. The molecule has 2 saturated heterocycles. The van der Waals surface area contributed by atoms with Gasteiger partial charge in [-0.25, -0.2) is 4.79 Å². The molecule has 3 aromatic rings. The second-order valence-corrected chi connectivity index (χ2v) is 13.5. The first-order chi connectivity index (χ1) is 23.3. The van der Waals surface area contributed by atoms with Crippen molar-refractivity contribution in [3.8, 4) is 16.9 Å². The van der Waals surface area contributed by atoms with Crippen LogP contribution in [-0.2, 0) is 22.3 Å². The van der Waals surface area contributed by atoms with Gasteiger partial charge in [-0.15, -0.1) is 0 Å². The molecule has 0 spiro atoms. The molecule has 0 bridgehead atoms. The van der Waals surface area contributed by atoms with Crippen LogP contribution in [-0.4, -0.2) is 98.8 Å². The Morgan fingerprint density at radius 2 is 1.71 bits per heavy atom. The van der Waals surface area contributed by atoms with E-state index >= 15 is 0 Å². The minimum absolute atomic E-state index is 0.0680. The number of carboxylic acid groups (broad SMARTS) is 1. The number of aromatic nitrogens is 2. The summed E-state index contributed by atoms with van der Waals surface area (Å²) in [6, 6.07) is 11.5. The normalized spacial score (nSPS) is 18.7. The Balaban J connectivity index is 1.13. The van der Waals surface area contributed by atoms with Crippen LogP contribution in [0, 0.1) is 5.92 Å². The number of alkyl halides is 3. The van der Waals surface area contributed by atoms with Crippen molar-refractivity contribution in [1.82, 2.24) is 24.9 Å². The molecule has 3 fully saturated rings. The predicted octanol–water partition coefficient (Wildman–Crippen LogP) is 5.48. The first kappa shape index (κ1) is 34.1. The van der Waals surface area contributed by atoms with Gasteiger partial charge in [-0.3, -0.25) is 14.7 Å². The van der Waals surface area contributed by atoms with E-state index in [1.54, 1.807) is 42.0 Å². The van der Waals surface area contributed by atoms with Gasteiger partial charge in [0.05, 0.1) is 17.7 Å². The number of amides is 3. The minimum Gasteiger partial charge on any atom is -0.478 e. The molecule has 11 nitrogen and oxygen atoms in total. The van der Waals surface area contributed by atoms with Crippen LogP contribution in [0.3, 0.4) is 0 Å². The van der Waals surface area contributed by atoms with Gasteiger partial charge in [0.25, 0.3) is 5.91 Å². The summed E-state index contributed by atoms with van der Waals surface area (Å²) in [6.07, 6.45) is 0.319. The number of carbonyl (C=O) groups is 3. The lowest BCUT2D eigenvalue weighted by atomic mass is 9.95. The van der Waals surface area contributed by atoms with Crippen molar-refractivity contribution < 1.29 is 37.4 Å². The lowest BCUT2D eigenvalue weighted by Crippen LogP contribution is -2.56. The number of carbonyl (C=O) groups excluding carboxylic acids is 2. The Morgan fingerprint density at radius 1 is 0.980 bits per heavy atom. The van der Waals surface area contributed by atoms with Crippen LogP contribution in [0.5, 0.6) is 5.75 Å². The summed E-state index contributed by atoms with van der Waals surface area (Å²) in [7, 11) is 0. The average molecular weight is 683 g/mol. The van der Waals surface area contributed by atoms with Crippen molar-refractivity contribution in [1.29, 1.82) is 0 Å². The van der Waals surface area contributed by atoms with Crippen molar-refractivity contribution in [3.63, 3.8) is 0 Å². The molecule has 14 heteroatoms. The van der Waals surface area contributed by atoms with Crippen molar-refractivity contribution in [2.45, 2.75) is 63.9 Å². The topological polar surface area (TPSA) is 122 Å². The van der Waals surface area contributed by atoms with Gasteiger partial charge in [0, 0.05) is 75.4 Å². The second kappa shape index (κ2) is 13.6. The first-order valence-electron chi connectivity index (χ1n) is 16.6. The molecule has 3 aliphatic rings. The summed E-state index contributed by atoms with van der Waals surface area (Å²) < 4.78 is 49.0. The summed E-state index contributed by atoms with van der Waals surface area (Å²) in [5.41, 5.74) is -0.124. The predicted molar refractivity (Wildman–Crippen MR) is 175 cm³/mol. The number of aromatic amines is 1. The average Bonchev–Trinajstić information content (AvgIpc) is 3.78. The fourth-order valence-corrected chi connectivity index (χ4v) is 6.73. The molecular weight excluding hydrogens is 641 g/mol. The molecule has 262 valence electrons. The maximum absolute atomic E-state index is 14.3. The van der Waals surface area contributed by atoms with Crippen LogP contribution in [0.4, 0.5) is 23.7 Å². The second-order valence-electron chi connectivity index (χ2n) is 13.5. The highest BCUT2D eigenvalue weighted by Crippen LogP contribution is 2.38. The number of H-pyrrole nitrogens is 1. The molecule has 3 heterocycles. The Morgan fingerprint density at radius 3 is 2.37 bits per heavy atom. The van der Waals surface area contributed by atoms with Crippen molar-refractivity contribution in [3.05, 3.63) is 66.0 Å². The Bertz CT molecular complexity index is 1670. The minimum atomic E-state index is -4.59. The van der Waals surface area contributed by atoms with Gasteiger partial charge in [0.1, 0.15) is 5.75 Å². The number of rotatable bonds is 9. The highest BCUT2D eigenvalue weighted by molar-refractivity contribution is 5.85. The number of halogens is 3. The third-order valence-corrected chi connectivity index (χ3v) is 9.54. The van der Waals surface area contributed by atoms with Gasteiger partial charge >= 0.3 is 12.3 Å². The molecule has 2 aliphatic heterocycles. The van der Waals surface area contributed by atoms with E-state index in [9.17, 15) is 32.7 Å². The molecule has 3 amide bonds. The van der Waals surface area contributed by atoms with E-state index in [2.05, 4.69) is 15.1 Å². The monoisotopic (exact) mass is 682 g/mol. The van der Waals surface area contributed by atoms with Crippen LogP contribution in [0.25, 0.3) is 11.1 Å². The molecule has 1 aromatic heterocycles. The smallest absolute Gasteiger partial charge is 0.416 e. The Hall–Kier alpha value is -4.75. The van der Waals surface area contributed by atoms with Gasteiger partial charge in [0.15, 0.2) is 5.60 Å². The van der Waals surface area contributed by atoms with E-state index in [0.717, 1.165) is 31.0 Å². The number of nitrogens with zero attached hydrogens (tertiary/aromatic N) is 5. The maximum atomic E-state index is 14.3. The fraction of sp³-hybridized carbons (Fsp3) is 0.486. The lowest BCUT2D eigenvalue weighted by Gasteiger charge is -2.38. The third-order valence-electron chi connectivity index (χ3n) is 9.54. The molecule has 2 aromatic carbocycles. The van der Waals surface area contributed by atoms with Crippen molar-refractivity contribution in [2.24, 2.45) is 5.92 Å². The summed E-state index contributed by atoms with van der Waals surface area (Å²) in [5.74, 6) is -0.287. The number of anilines is 1. The molecule has 0 radical (unpaired) electrons. The van der Waals surface area contributed by atoms with E-state index in [1.807, 2.05) is 18.2 Å². The van der Waals surface area contributed by atoms with E-state index in [-0.39, 0.29) is 62.1 Å². The molecule has 1 saturated carbocycles. The third kappa shape index (κ3) is 7.78. The largest absolute Gasteiger partial charge is 0.478 e. The maximum Gasteiger partial charge on any atom is 0.416 e. The van der Waals surface area contributed by atoms with E-state index in [1.165, 1.54) is 17.2 Å². The molecule has 1 aliphatic carbocycles. The summed E-state index contributed by atoms with van der Waals surface area (Å²) in [5, 5.41) is 15.7. The zero-order valence-electron chi connectivity index (χ0n) is 27.6. The Labute approximate surface area is 282 Å². The van der Waals surface area contributed by atoms with Gasteiger partial charge in [-0.1, -0.05) is 18.2 Å². The van der Waals surface area contributed by atoms with Crippen LogP contribution in [0.1, 0.15) is 50.7 Å². The number of piperazine rings is 1. The van der Waals surface area contributed by atoms with E-state index < -0.39 is 23.4 Å². The molecule has 6 rings (SSSR count). The first-order valence-corrected chi connectivity index (χ1v) is 16.6. The van der Waals surface area contributed by atoms with Gasteiger partial charge in [-0.2, -0.15) is 18.3 Å². The van der Waals surface area contributed by atoms with Crippen molar-refractivity contribution >= 4 is 23.6 Å². The van der Waals surface area contributed by atoms with Crippen LogP contribution in [0.2, 0.25) is 0 Å². The van der Waals surface area contributed by atoms with Crippen LogP contribution in [0.15, 0.2) is 54.9 Å². The zero-order chi connectivity index (χ0) is 34.9. The highest BCUT2D eigenvalue weighted by Gasteiger charge is 2.41. The van der Waals surface area contributed by atoms with E-state index in [4.69, 9.17) is 4.74 Å². The summed E-state index contributed by atoms with van der Waals surface area (Å²) in [4.78, 5) is 45.2. The van der Waals surface area contributed by atoms with Crippen LogP contribution < -0.4 is 9.64 Å². The Kier molecular flexibility index (Phi) is 9.50. The molecule has 1 atom stereocenters. The van der Waals surface area contributed by atoms with Gasteiger partial charge < -0.3 is 29.4 Å². The zero-order valence-corrected chi connectivity index (χ0v) is 27.6. The number of piperidine rings is 1. The van der Waals surface area contributed by atoms with Gasteiger partial charge in [-0.05, 0) is 68.9 Å². The molecular formula is C35H41F3N6O5. The summed E-state index contributed by atoms with van der Waals surface area (Å²) >= 11 is 0. The number of ether oxygens (including phenoxy) is 1. The molecule has 49 heavy (non-hydrogen) atoms. The van der Waals surface area contributed by atoms with Crippen LogP contribution >= 0.6 is 0 Å². The quantitative estimate of drug-likeness (QED) is 0.307. The fourth-order valence-electron chi connectivity index (χ4n) is 6.73. The number of hydrogen-bond donors (Lipinski definition) is 2. The number of hydrogen-bond acceptors (Lipinski definition) is 6. The SMILES string of the molecule is CC(C)(Oc1cccc(N2CCCC(C(=O)N(Cc3ccc(-c4cn[nH]c4)cc3C(F)(F)F)C3CC3)C2)c1)C(=O)N1CCN(C(=O)O)CC1. The van der Waals surface area contributed by atoms with Gasteiger partial charge in [0.2, 0.25) is 5.91 Å². The number of benzene rings is 2. The number of nitrogens with one attached hydrogen (secondary N) is 1.